The Hall–Kier alpha value is -5.36. The van der Waals surface area contributed by atoms with E-state index in [1.165, 1.54) is 31.4 Å². The first-order valence-corrected chi connectivity index (χ1v) is 29.1. The number of piperidine rings is 1. The van der Waals surface area contributed by atoms with E-state index in [1.54, 1.807) is 7.11 Å². The molecule has 2 heterocycles. The Bertz CT molecular complexity index is 2640. The van der Waals surface area contributed by atoms with Gasteiger partial charge in [-0.15, -0.1) is 11.8 Å². The minimum absolute atomic E-state index is 0.0000230. The monoisotopic (exact) mass is 1050 g/mol. The van der Waals surface area contributed by atoms with Gasteiger partial charge in [-0.1, -0.05) is 175 Å². The number of thioether (sulfide) groups is 1. The Kier molecular flexibility index (Phi) is 18.2. The molecule has 11 heteroatoms. The maximum Gasteiger partial charge on any atom is 0.234 e. The maximum absolute atomic E-state index is 14.5. The summed E-state index contributed by atoms with van der Waals surface area (Å²) in [5, 5.41) is 7.50. The largest absolute Gasteiger partial charge is 0.364 e. The van der Waals surface area contributed by atoms with Crippen LogP contribution in [0.2, 0.25) is 10.0 Å². The lowest BCUT2D eigenvalue weighted by molar-refractivity contribution is -0.131. The highest BCUT2D eigenvalue weighted by molar-refractivity contribution is 8.33. The van der Waals surface area contributed by atoms with Gasteiger partial charge in [-0.2, -0.15) is 10.0 Å². The molecule has 2 saturated heterocycles. The van der Waals surface area contributed by atoms with Gasteiger partial charge < -0.3 is 15.4 Å². The van der Waals surface area contributed by atoms with E-state index >= 15 is 0 Å². The van der Waals surface area contributed by atoms with Crippen LogP contribution in [0, 0.1) is 5.92 Å². The van der Waals surface area contributed by atoms with Gasteiger partial charge in [0.1, 0.15) is 6.73 Å². The van der Waals surface area contributed by atoms with Gasteiger partial charge in [0.2, 0.25) is 11.8 Å². The van der Waals surface area contributed by atoms with Crippen molar-refractivity contribution in [3.05, 3.63) is 232 Å². The highest BCUT2D eigenvalue weighted by Crippen LogP contribution is 2.67. The van der Waals surface area contributed by atoms with Gasteiger partial charge >= 0.3 is 0 Å². The number of fused-ring (bicyclic) bond motifs is 2. The number of amides is 2. The molecule has 7 nitrogen and oxygen atoms in total. The van der Waals surface area contributed by atoms with Crippen LogP contribution >= 0.6 is 45.0 Å². The van der Waals surface area contributed by atoms with Gasteiger partial charge in [0.15, 0.2) is 0 Å². The number of methoxy groups -OCH3 is 1. The molecular weight excluding hydrogens is 984 g/mol. The second kappa shape index (κ2) is 25.2. The van der Waals surface area contributed by atoms with Crippen molar-refractivity contribution in [2.24, 2.45) is 5.92 Å². The SMILES string of the molecule is COCNC(=O)[C@@H]1C2CCC(C[C@@H]1c1ccc(Cl)c(Cl)c1)N2CCCN(CCSC(c1ccccc1)(c1ccccc1)c1ccccc1)CC(=O)NCCS(c1ccccc1)(c1ccccc1)c1ccccc1. The predicted molar refractivity (Wildman–Crippen MR) is 303 cm³/mol. The van der Waals surface area contributed by atoms with Crippen molar-refractivity contribution in [3.63, 3.8) is 0 Å². The Morgan fingerprint density at radius 1 is 0.671 bits per heavy atom. The summed E-state index contributed by atoms with van der Waals surface area (Å²) in [6.45, 7) is 3.20. The number of nitrogens with one attached hydrogen (secondary N) is 2. The summed E-state index contributed by atoms with van der Waals surface area (Å²) in [4.78, 5) is 37.4. The zero-order valence-corrected chi connectivity index (χ0v) is 44.7. The number of ether oxygens (including phenoxy) is 1. The molecule has 2 N–H and O–H groups in total. The Balaban J connectivity index is 0.965. The van der Waals surface area contributed by atoms with Crippen LogP contribution in [0.3, 0.4) is 0 Å². The number of halogens is 2. The van der Waals surface area contributed by atoms with Gasteiger partial charge in [0.05, 0.1) is 27.3 Å². The van der Waals surface area contributed by atoms with E-state index < -0.39 is 14.8 Å². The van der Waals surface area contributed by atoms with Gasteiger partial charge in [0, 0.05) is 43.8 Å². The molecule has 378 valence electrons. The lowest BCUT2D eigenvalue weighted by Crippen LogP contribution is -2.53. The number of benzene rings is 7. The molecule has 0 spiro atoms. The molecule has 2 fully saturated rings. The van der Waals surface area contributed by atoms with Crippen molar-refractivity contribution in [1.82, 2.24) is 20.4 Å². The van der Waals surface area contributed by atoms with Gasteiger partial charge in [-0.05, 0) is 130 Å². The van der Waals surface area contributed by atoms with Gasteiger partial charge in [-0.25, -0.2) is 0 Å². The molecule has 2 amide bonds. The van der Waals surface area contributed by atoms with Crippen molar-refractivity contribution in [2.75, 3.05) is 58.1 Å². The zero-order valence-electron chi connectivity index (χ0n) is 41.5. The van der Waals surface area contributed by atoms with E-state index in [0.717, 1.165) is 55.8 Å². The van der Waals surface area contributed by atoms with Crippen LogP contribution < -0.4 is 10.6 Å². The molecule has 73 heavy (non-hydrogen) atoms. The van der Waals surface area contributed by atoms with E-state index in [0.29, 0.717) is 29.2 Å². The molecule has 2 bridgehead atoms. The quantitative estimate of drug-likeness (QED) is 0.0491. The van der Waals surface area contributed by atoms with Crippen LogP contribution in [0.4, 0.5) is 0 Å². The number of carbonyl (C=O) groups excluding carboxylic acids is 2. The van der Waals surface area contributed by atoms with Gasteiger partial charge in [-0.3, -0.25) is 19.4 Å². The van der Waals surface area contributed by atoms with Gasteiger partial charge in [0.25, 0.3) is 0 Å². The summed E-state index contributed by atoms with van der Waals surface area (Å²) in [5.41, 5.74) is 4.69. The number of nitrogens with zero attached hydrogens (tertiary/aromatic N) is 2. The van der Waals surface area contributed by atoms with Crippen molar-refractivity contribution in [2.45, 2.75) is 63.1 Å². The van der Waals surface area contributed by atoms with Crippen molar-refractivity contribution in [1.29, 1.82) is 0 Å². The van der Waals surface area contributed by atoms with Crippen LogP contribution in [0.25, 0.3) is 0 Å². The first kappa shape index (κ1) is 52.5. The molecule has 7 aromatic carbocycles. The van der Waals surface area contributed by atoms with E-state index in [-0.39, 0.29) is 43.0 Å². The fourth-order valence-electron chi connectivity index (χ4n) is 11.5. The summed E-state index contributed by atoms with van der Waals surface area (Å²) >= 11 is 14.9. The fraction of sp³-hybridized carbons (Fsp3) is 0.290. The number of hydrogen-bond donors (Lipinski definition) is 2. The summed E-state index contributed by atoms with van der Waals surface area (Å²) in [6.07, 6.45) is 3.66. The normalized spacial score (nSPS) is 18.1. The molecule has 0 saturated carbocycles. The molecule has 9 rings (SSSR count). The molecule has 0 radical (unpaired) electrons. The minimum atomic E-state index is -1.72. The molecule has 0 aliphatic carbocycles. The smallest absolute Gasteiger partial charge is 0.234 e. The van der Waals surface area contributed by atoms with Crippen molar-refractivity contribution < 1.29 is 14.3 Å². The van der Waals surface area contributed by atoms with Crippen LogP contribution in [-0.2, 0) is 19.1 Å². The average Bonchev–Trinajstić information content (AvgIpc) is 3.71. The third-order valence-electron chi connectivity index (χ3n) is 14.8. The highest BCUT2D eigenvalue weighted by atomic mass is 35.5. The van der Waals surface area contributed by atoms with Crippen LogP contribution in [0.5, 0.6) is 0 Å². The summed E-state index contributed by atoms with van der Waals surface area (Å²) < 4.78 is 4.84. The van der Waals surface area contributed by atoms with Crippen LogP contribution in [-0.4, -0.2) is 91.8 Å². The van der Waals surface area contributed by atoms with E-state index in [9.17, 15) is 9.59 Å². The topological polar surface area (TPSA) is 73.9 Å². The Morgan fingerprint density at radius 2 is 1.19 bits per heavy atom. The number of rotatable bonds is 23. The number of carbonyl (C=O) groups is 2. The Morgan fingerprint density at radius 3 is 1.70 bits per heavy atom. The highest BCUT2D eigenvalue weighted by Gasteiger charge is 2.50. The standard InChI is InChI=1S/C62H66Cl2N4O3S2/c1-71-46-66-61(70)60-55(47-33-35-56(63)57(64)43-47)44-51-34-36-58(60)68(51)39-20-38-67(40-41-72-62(48-21-8-2-9-22-48,49-23-10-3-11-24-49)50-25-12-4-13-26-50)45-59(69)65-37-42-73(52-27-14-5-15-28-52,53-29-16-6-17-30-53)54-31-18-7-19-32-54/h2-19,21-33,35,43,51,55,58,60H,20,34,36-42,44-46H2,1H3,(H,65,69)(H,66,70)/t51?,55-,58?,60+/m1/s1. The number of hydrogen-bond acceptors (Lipinski definition) is 6. The van der Waals surface area contributed by atoms with Crippen LogP contribution in [0.1, 0.15) is 53.9 Å². The lowest BCUT2D eigenvalue weighted by Gasteiger charge is -2.44. The molecule has 2 aliphatic heterocycles. The minimum Gasteiger partial charge on any atom is -0.364 e. The van der Waals surface area contributed by atoms with Crippen LogP contribution in [0.15, 0.2) is 215 Å². The maximum atomic E-state index is 14.5. The molecule has 4 atom stereocenters. The first-order valence-electron chi connectivity index (χ1n) is 25.5. The second-order valence-corrected chi connectivity index (χ2v) is 24.5. The van der Waals surface area contributed by atoms with Crippen molar-refractivity contribution >= 4 is 56.8 Å². The molecule has 2 aliphatic rings. The fourth-order valence-corrected chi connectivity index (χ4v) is 17.2. The molecular formula is C62H66Cl2N4O3S2. The lowest BCUT2D eigenvalue weighted by atomic mass is 9.75. The summed E-state index contributed by atoms with van der Waals surface area (Å²) in [5.74, 6) is 1.29. The zero-order chi connectivity index (χ0) is 50.5. The first-order chi connectivity index (χ1) is 35.8. The third-order valence-corrected chi connectivity index (χ3v) is 21.1. The second-order valence-electron chi connectivity index (χ2n) is 19.0. The summed E-state index contributed by atoms with van der Waals surface area (Å²) in [6, 6.07) is 71.1. The van der Waals surface area contributed by atoms with E-state index in [4.69, 9.17) is 27.9 Å². The summed E-state index contributed by atoms with van der Waals surface area (Å²) in [7, 11) is -0.128. The molecule has 2 unspecified atom stereocenters. The van der Waals surface area contributed by atoms with E-state index in [2.05, 4.69) is 202 Å². The predicted octanol–water partition coefficient (Wildman–Crippen LogP) is 13.2. The van der Waals surface area contributed by atoms with Crippen molar-refractivity contribution in [3.8, 4) is 0 Å². The average molecular weight is 1050 g/mol. The molecule has 7 aromatic rings. The van der Waals surface area contributed by atoms with E-state index in [1.807, 2.05) is 30.0 Å². The Labute approximate surface area is 448 Å². The third kappa shape index (κ3) is 12.0. The molecule has 0 aromatic heterocycles.